The lowest BCUT2D eigenvalue weighted by Gasteiger charge is -2.39. The van der Waals surface area contributed by atoms with Crippen LogP contribution in [0.15, 0.2) is 12.2 Å². The first-order chi connectivity index (χ1) is 11.9. The summed E-state index contributed by atoms with van der Waals surface area (Å²) in [6.07, 6.45) is -1.60. The van der Waals surface area contributed by atoms with Gasteiger partial charge in [0, 0.05) is 18.7 Å². The molecule has 1 heterocycles. The van der Waals surface area contributed by atoms with Crippen molar-refractivity contribution in [3.63, 3.8) is 0 Å². The summed E-state index contributed by atoms with van der Waals surface area (Å²) in [7, 11) is 0. The molecular weight excluding hydrogens is 330 g/mol. The van der Waals surface area contributed by atoms with Gasteiger partial charge in [0.05, 0.1) is 6.61 Å². The van der Waals surface area contributed by atoms with Crippen molar-refractivity contribution in [2.75, 3.05) is 19.8 Å². The molecule has 8 heteroatoms. The normalized spacial score (nSPS) is 29.4. The van der Waals surface area contributed by atoms with Gasteiger partial charge in [0.2, 0.25) is 5.91 Å². The molecule has 0 spiro atoms. The van der Waals surface area contributed by atoms with Crippen LogP contribution in [0, 0.1) is 0 Å². The second-order valence-electron chi connectivity index (χ2n) is 6.37. The number of amides is 1. The molecule has 0 aromatic carbocycles. The van der Waals surface area contributed by atoms with Gasteiger partial charge >= 0.3 is 0 Å². The first-order valence-electron chi connectivity index (χ1n) is 8.74. The van der Waals surface area contributed by atoms with E-state index >= 15 is 0 Å². The van der Waals surface area contributed by atoms with Crippen molar-refractivity contribution >= 4 is 5.91 Å². The summed E-state index contributed by atoms with van der Waals surface area (Å²) in [4.78, 5) is 11.3. The number of ether oxygens (including phenoxy) is 2. The zero-order valence-corrected chi connectivity index (χ0v) is 14.8. The highest BCUT2D eigenvalue weighted by Crippen LogP contribution is 2.22. The van der Waals surface area contributed by atoms with E-state index in [1.54, 1.807) is 6.92 Å². The average molecular weight is 361 g/mol. The molecule has 0 saturated carbocycles. The average Bonchev–Trinajstić information content (AvgIpc) is 2.59. The highest BCUT2D eigenvalue weighted by molar-refractivity contribution is 5.91. The van der Waals surface area contributed by atoms with E-state index in [1.165, 1.54) is 0 Å². The molecule has 146 valence electrons. The molecule has 8 nitrogen and oxygen atoms in total. The molecule has 1 aliphatic rings. The van der Waals surface area contributed by atoms with Crippen LogP contribution in [-0.2, 0) is 14.3 Å². The summed E-state index contributed by atoms with van der Waals surface area (Å²) in [5, 5.41) is 41.0. The van der Waals surface area contributed by atoms with Crippen LogP contribution in [0.2, 0.25) is 0 Å². The summed E-state index contributed by atoms with van der Waals surface area (Å²) in [6, 6.07) is 0. The Morgan fingerprint density at radius 1 is 1.08 bits per heavy atom. The molecule has 1 rings (SSSR count). The standard InChI is InChI=1S/C17H31NO7/c1-11(2)16(23)18-8-6-4-3-5-7-9-24-17-15(22)14(21)13(20)12(10-19)25-17/h12-15,17,19-22H,1,3-10H2,2H3,(H,18,23)/t12-,13-,14+,15+,17+/m1/s1. The second kappa shape index (κ2) is 11.6. The van der Waals surface area contributed by atoms with Crippen molar-refractivity contribution in [2.45, 2.75) is 69.7 Å². The minimum Gasteiger partial charge on any atom is -0.394 e. The molecule has 25 heavy (non-hydrogen) atoms. The van der Waals surface area contributed by atoms with E-state index in [1.807, 2.05) is 0 Å². The Bertz CT molecular complexity index is 416. The maximum absolute atomic E-state index is 11.3. The molecule has 5 atom stereocenters. The number of aliphatic hydroxyl groups excluding tert-OH is 4. The fourth-order valence-corrected chi connectivity index (χ4v) is 2.51. The smallest absolute Gasteiger partial charge is 0.246 e. The van der Waals surface area contributed by atoms with E-state index in [0.717, 1.165) is 32.1 Å². The Kier molecular flexibility index (Phi) is 10.2. The third kappa shape index (κ3) is 7.39. The van der Waals surface area contributed by atoms with E-state index in [2.05, 4.69) is 11.9 Å². The summed E-state index contributed by atoms with van der Waals surface area (Å²) < 4.78 is 10.7. The SMILES string of the molecule is C=C(C)C(=O)NCCCCCCCO[C@H]1O[C@H](CO)[C@@H](O)[C@H](O)[C@@H]1O. The van der Waals surface area contributed by atoms with Gasteiger partial charge in [-0.2, -0.15) is 0 Å². The largest absolute Gasteiger partial charge is 0.394 e. The Morgan fingerprint density at radius 3 is 2.36 bits per heavy atom. The number of rotatable bonds is 11. The Labute approximate surface area is 148 Å². The van der Waals surface area contributed by atoms with Gasteiger partial charge in [-0.25, -0.2) is 0 Å². The first kappa shape index (κ1) is 22.0. The lowest BCUT2D eigenvalue weighted by molar-refractivity contribution is -0.301. The van der Waals surface area contributed by atoms with Gasteiger partial charge in [0.15, 0.2) is 6.29 Å². The molecule has 0 unspecified atom stereocenters. The number of unbranched alkanes of at least 4 members (excludes halogenated alkanes) is 4. The molecule has 1 saturated heterocycles. The van der Waals surface area contributed by atoms with E-state index in [9.17, 15) is 20.1 Å². The summed E-state index contributed by atoms with van der Waals surface area (Å²) in [6.45, 7) is 5.75. The quantitative estimate of drug-likeness (QED) is 0.247. The topological polar surface area (TPSA) is 128 Å². The molecule has 0 aromatic heterocycles. The van der Waals surface area contributed by atoms with E-state index in [0.29, 0.717) is 18.7 Å². The number of aliphatic hydroxyl groups is 4. The molecule has 0 bridgehead atoms. The molecule has 0 aromatic rings. The lowest BCUT2D eigenvalue weighted by Crippen LogP contribution is -2.59. The van der Waals surface area contributed by atoms with Crippen molar-refractivity contribution in [3.8, 4) is 0 Å². The molecule has 1 aliphatic heterocycles. The van der Waals surface area contributed by atoms with E-state index < -0.39 is 37.3 Å². The highest BCUT2D eigenvalue weighted by Gasteiger charge is 2.43. The van der Waals surface area contributed by atoms with Crippen LogP contribution >= 0.6 is 0 Å². The van der Waals surface area contributed by atoms with Gasteiger partial charge in [-0.3, -0.25) is 4.79 Å². The predicted octanol–water partition coefficient (Wildman–Crippen LogP) is -0.554. The van der Waals surface area contributed by atoms with Crippen LogP contribution in [0.4, 0.5) is 0 Å². The number of hydrogen-bond donors (Lipinski definition) is 5. The fraction of sp³-hybridized carbons (Fsp3) is 0.824. The second-order valence-corrected chi connectivity index (χ2v) is 6.37. The van der Waals surface area contributed by atoms with E-state index in [-0.39, 0.29) is 5.91 Å². The zero-order chi connectivity index (χ0) is 18.8. The maximum atomic E-state index is 11.3. The third-order valence-corrected chi connectivity index (χ3v) is 4.12. The lowest BCUT2D eigenvalue weighted by atomic mass is 9.99. The van der Waals surface area contributed by atoms with Crippen LogP contribution < -0.4 is 5.32 Å². The van der Waals surface area contributed by atoms with Crippen LogP contribution in [0.25, 0.3) is 0 Å². The molecule has 5 N–H and O–H groups in total. The monoisotopic (exact) mass is 361 g/mol. The number of nitrogens with one attached hydrogen (secondary N) is 1. The van der Waals surface area contributed by atoms with Crippen LogP contribution in [0.1, 0.15) is 39.0 Å². The number of hydrogen-bond acceptors (Lipinski definition) is 7. The van der Waals surface area contributed by atoms with Crippen molar-refractivity contribution in [2.24, 2.45) is 0 Å². The number of carbonyl (C=O) groups excluding carboxylic acids is 1. The minimum atomic E-state index is -1.41. The van der Waals surface area contributed by atoms with Crippen molar-refractivity contribution in [3.05, 3.63) is 12.2 Å². The highest BCUT2D eigenvalue weighted by atomic mass is 16.7. The van der Waals surface area contributed by atoms with Gasteiger partial charge in [-0.15, -0.1) is 0 Å². The Hall–Kier alpha value is -1.03. The summed E-state index contributed by atoms with van der Waals surface area (Å²) in [5.74, 6) is -0.118. The van der Waals surface area contributed by atoms with Gasteiger partial charge in [-0.1, -0.05) is 25.8 Å². The molecule has 1 amide bonds. The van der Waals surface area contributed by atoms with Crippen LogP contribution in [-0.4, -0.2) is 76.8 Å². The molecule has 0 radical (unpaired) electrons. The third-order valence-electron chi connectivity index (χ3n) is 4.12. The predicted molar refractivity (Wildman–Crippen MR) is 90.6 cm³/mol. The molecular formula is C17H31NO7. The zero-order valence-electron chi connectivity index (χ0n) is 14.8. The van der Waals surface area contributed by atoms with Crippen molar-refractivity contribution in [1.29, 1.82) is 0 Å². The maximum Gasteiger partial charge on any atom is 0.246 e. The first-order valence-corrected chi connectivity index (χ1v) is 8.74. The minimum absolute atomic E-state index is 0.118. The molecule has 0 aliphatic carbocycles. The van der Waals surface area contributed by atoms with Crippen LogP contribution in [0.5, 0.6) is 0 Å². The van der Waals surface area contributed by atoms with E-state index in [4.69, 9.17) is 14.6 Å². The summed E-state index contributed by atoms with van der Waals surface area (Å²) >= 11 is 0. The Morgan fingerprint density at radius 2 is 1.72 bits per heavy atom. The van der Waals surface area contributed by atoms with Crippen LogP contribution in [0.3, 0.4) is 0 Å². The van der Waals surface area contributed by atoms with Gasteiger partial charge in [0.1, 0.15) is 24.4 Å². The number of carbonyl (C=O) groups is 1. The Balaban J connectivity index is 2.07. The van der Waals surface area contributed by atoms with Gasteiger partial charge in [0.25, 0.3) is 0 Å². The van der Waals surface area contributed by atoms with Gasteiger partial charge < -0.3 is 35.2 Å². The fourth-order valence-electron chi connectivity index (χ4n) is 2.51. The van der Waals surface area contributed by atoms with Crippen molar-refractivity contribution in [1.82, 2.24) is 5.32 Å². The summed E-state index contributed by atoms with van der Waals surface area (Å²) in [5.41, 5.74) is 0.505. The molecule has 1 fully saturated rings. The van der Waals surface area contributed by atoms with Gasteiger partial charge in [-0.05, 0) is 19.8 Å². The van der Waals surface area contributed by atoms with Crippen molar-refractivity contribution < 1.29 is 34.7 Å².